The van der Waals surface area contributed by atoms with Crippen LogP contribution in [0.3, 0.4) is 0 Å². The molecule has 0 saturated carbocycles. The molecule has 0 aliphatic carbocycles. The number of para-hydroxylation sites is 1. The summed E-state index contributed by atoms with van der Waals surface area (Å²) >= 11 is 0. The standard InChI is InChI=1S/C17H15FN2O/c1-20-11-12(15-7-2-3-8-16(15)20)9-17(21)19-14-6-4-5-13(18)10-14/h2-8,10-11H,9H2,1H3,(H,19,21). The Morgan fingerprint density at radius 1 is 1.19 bits per heavy atom. The molecule has 4 heteroatoms. The lowest BCUT2D eigenvalue weighted by Gasteiger charge is -2.04. The zero-order chi connectivity index (χ0) is 14.8. The van der Waals surface area contributed by atoms with Crippen molar-refractivity contribution in [2.24, 2.45) is 7.05 Å². The van der Waals surface area contributed by atoms with Crippen LogP contribution in [0.15, 0.2) is 54.7 Å². The Labute approximate surface area is 122 Å². The number of benzene rings is 2. The van der Waals surface area contributed by atoms with E-state index in [0.29, 0.717) is 5.69 Å². The van der Waals surface area contributed by atoms with Crippen molar-refractivity contribution in [2.45, 2.75) is 6.42 Å². The molecule has 0 atom stereocenters. The van der Waals surface area contributed by atoms with Crippen LogP contribution in [0.4, 0.5) is 10.1 Å². The van der Waals surface area contributed by atoms with Crippen molar-refractivity contribution >= 4 is 22.5 Å². The molecule has 0 fully saturated rings. The van der Waals surface area contributed by atoms with Gasteiger partial charge in [-0.05, 0) is 29.8 Å². The average Bonchev–Trinajstić information content (AvgIpc) is 2.76. The zero-order valence-corrected chi connectivity index (χ0v) is 11.6. The highest BCUT2D eigenvalue weighted by atomic mass is 19.1. The summed E-state index contributed by atoms with van der Waals surface area (Å²) in [4.78, 5) is 12.1. The molecule has 2 aromatic carbocycles. The summed E-state index contributed by atoms with van der Waals surface area (Å²) in [6.45, 7) is 0. The van der Waals surface area contributed by atoms with E-state index < -0.39 is 0 Å². The lowest BCUT2D eigenvalue weighted by molar-refractivity contribution is -0.115. The molecule has 0 bridgehead atoms. The van der Waals surface area contributed by atoms with Crippen LogP contribution in [0.5, 0.6) is 0 Å². The smallest absolute Gasteiger partial charge is 0.228 e. The summed E-state index contributed by atoms with van der Waals surface area (Å²) in [5, 5.41) is 3.78. The summed E-state index contributed by atoms with van der Waals surface area (Å²) < 4.78 is 15.1. The van der Waals surface area contributed by atoms with E-state index in [1.165, 1.54) is 12.1 Å². The minimum Gasteiger partial charge on any atom is -0.350 e. The predicted molar refractivity (Wildman–Crippen MR) is 81.7 cm³/mol. The third kappa shape index (κ3) is 2.79. The molecular formula is C17H15FN2O. The first kappa shape index (κ1) is 13.4. The van der Waals surface area contributed by atoms with Gasteiger partial charge in [0.25, 0.3) is 0 Å². The number of fused-ring (bicyclic) bond motifs is 1. The zero-order valence-electron chi connectivity index (χ0n) is 11.6. The minimum absolute atomic E-state index is 0.156. The van der Waals surface area contributed by atoms with Crippen molar-refractivity contribution < 1.29 is 9.18 Å². The van der Waals surface area contributed by atoms with Gasteiger partial charge in [0.2, 0.25) is 5.91 Å². The summed E-state index contributed by atoms with van der Waals surface area (Å²) in [6, 6.07) is 13.8. The lowest BCUT2D eigenvalue weighted by atomic mass is 10.1. The van der Waals surface area contributed by atoms with E-state index in [4.69, 9.17) is 0 Å². The van der Waals surface area contributed by atoms with Gasteiger partial charge >= 0.3 is 0 Å². The van der Waals surface area contributed by atoms with Crippen LogP contribution < -0.4 is 5.32 Å². The molecule has 0 radical (unpaired) electrons. The van der Waals surface area contributed by atoms with Gasteiger partial charge in [-0.15, -0.1) is 0 Å². The van der Waals surface area contributed by atoms with Crippen LogP contribution in [-0.4, -0.2) is 10.5 Å². The van der Waals surface area contributed by atoms with Crippen LogP contribution in [0.2, 0.25) is 0 Å². The maximum atomic E-state index is 13.1. The van der Waals surface area contributed by atoms with Gasteiger partial charge in [-0.1, -0.05) is 24.3 Å². The number of nitrogens with zero attached hydrogens (tertiary/aromatic N) is 1. The molecule has 21 heavy (non-hydrogen) atoms. The van der Waals surface area contributed by atoms with Gasteiger partial charge in [-0.3, -0.25) is 4.79 Å². The Bertz CT molecular complexity index is 807. The number of anilines is 1. The first-order chi connectivity index (χ1) is 10.1. The van der Waals surface area contributed by atoms with Gasteiger partial charge in [0.05, 0.1) is 6.42 Å². The number of amides is 1. The Kier molecular flexibility index (Phi) is 3.44. The highest BCUT2D eigenvalue weighted by Crippen LogP contribution is 2.21. The van der Waals surface area contributed by atoms with E-state index in [1.807, 2.05) is 42.1 Å². The molecule has 0 saturated heterocycles. The van der Waals surface area contributed by atoms with E-state index in [1.54, 1.807) is 12.1 Å². The number of aryl methyl sites for hydroxylation is 1. The molecule has 1 aromatic heterocycles. The summed E-state index contributed by atoms with van der Waals surface area (Å²) in [5.41, 5.74) is 2.52. The molecule has 1 N–H and O–H groups in total. The van der Waals surface area contributed by atoms with E-state index in [2.05, 4.69) is 5.32 Å². The molecule has 0 spiro atoms. The number of aromatic nitrogens is 1. The molecule has 0 unspecified atom stereocenters. The minimum atomic E-state index is -0.363. The van der Waals surface area contributed by atoms with Crippen molar-refractivity contribution in [3.05, 3.63) is 66.1 Å². The molecule has 3 aromatic rings. The second kappa shape index (κ2) is 5.40. The predicted octanol–water partition coefficient (Wildman–Crippen LogP) is 3.50. The fourth-order valence-corrected chi connectivity index (χ4v) is 2.51. The quantitative estimate of drug-likeness (QED) is 0.784. The normalized spacial score (nSPS) is 10.8. The maximum Gasteiger partial charge on any atom is 0.228 e. The fourth-order valence-electron chi connectivity index (χ4n) is 2.51. The SMILES string of the molecule is Cn1cc(CC(=O)Nc2cccc(F)c2)c2ccccc21. The first-order valence-corrected chi connectivity index (χ1v) is 6.72. The molecule has 3 nitrogen and oxygen atoms in total. The number of hydrogen-bond donors (Lipinski definition) is 1. The van der Waals surface area contributed by atoms with Gasteiger partial charge in [-0.25, -0.2) is 4.39 Å². The van der Waals surface area contributed by atoms with E-state index in [0.717, 1.165) is 16.5 Å². The van der Waals surface area contributed by atoms with Crippen molar-refractivity contribution in [3.8, 4) is 0 Å². The van der Waals surface area contributed by atoms with Crippen LogP contribution in [0.1, 0.15) is 5.56 Å². The van der Waals surface area contributed by atoms with Gasteiger partial charge in [0.1, 0.15) is 5.82 Å². The highest BCUT2D eigenvalue weighted by molar-refractivity contribution is 5.95. The monoisotopic (exact) mass is 282 g/mol. The van der Waals surface area contributed by atoms with Gasteiger partial charge in [-0.2, -0.15) is 0 Å². The fraction of sp³-hybridized carbons (Fsp3) is 0.118. The molecule has 3 rings (SSSR count). The second-order valence-corrected chi connectivity index (χ2v) is 5.02. The topological polar surface area (TPSA) is 34.0 Å². The van der Waals surface area contributed by atoms with Gasteiger partial charge in [0.15, 0.2) is 0 Å². The first-order valence-electron chi connectivity index (χ1n) is 6.72. The lowest BCUT2D eigenvalue weighted by Crippen LogP contribution is -2.14. The van der Waals surface area contributed by atoms with Crippen LogP contribution >= 0.6 is 0 Å². The van der Waals surface area contributed by atoms with Crippen molar-refractivity contribution in [1.29, 1.82) is 0 Å². The van der Waals surface area contributed by atoms with Crippen molar-refractivity contribution in [2.75, 3.05) is 5.32 Å². The number of carbonyl (C=O) groups excluding carboxylic acids is 1. The van der Waals surface area contributed by atoms with Crippen LogP contribution in [0.25, 0.3) is 10.9 Å². The van der Waals surface area contributed by atoms with Gasteiger partial charge < -0.3 is 9.88 Å². The summed E-state index contributed by atoms with van der Waals surface area (Å²) in [7, 11) is 1.95. The highest BCUT2D eigenvalue weighted by Gasteiger charge is 2.10. The summed E-state index contributed by atoms with van der Waals surface area (Å²) in [6.07, 6.45) is 2.22. The number of nitrogens with one attached hydrogen (secondary N) is 1. The van der Waals surface area contributed by atoms with Gasteiger partial charge in [0, 0.05) is 29.8 Å². The Morgan fingerprint density at radius 3 is 2.81 bits per heavy atom. The van der Waals surface area contributed by atoms with E-state index >= 15 is 0 Å². The van der Waals surface area contributed by atoms with Crippen molar-refractivity contribution in [3.63, 3.8) is 0 Å². The number of rotatable bonds is 3. The largest absolute Gasteiger partial charge is 0.350 e. The second-order valence-electron chi connectivity index (χ2n) is 5.02. The van der Waals surface area contributed by atoms with Crippen molar-refractivity contribution in [1.82, 2.24) is 4.57 Å². The third-order valence-corrected chi connectivity index (χ3v) is 3.44. The van der Waals surface area contributed by atoms with E-state index in [-0.39, 0.29) is 18.1 Å². The third-order valence-electron chi connectivity index (χ3n) is 3.44. The Balaban J connectivity index is 1.80. The summed E-state index contributed by atoms with van der Waals surface area (Å²) in [5.74, 6) is -0.519. The molecule has 1 amide bonds. The molecule has 0 aliphatic heterocycles. The number of carbonyl (C=O) groups is 1. The Morgan fingerprint density at radius 2 is 2.00 bits per heavy atom. The molecule has 1 heterocycles. The van der Waals surface area contributed by atoms with Crippen LogP contribution in [0, 0.1) is 5.82 Å². The Hall–Kier alpha value is -2.62. The molecule has 106 valence electrons. The average molecular weight is 282 g/mol. The van der Waals surface area contributed by atoms with Crippen LogP contribution in [-0.2, 0) is 18.3 Å². The number of halogens is 1. The molecule has 0 aliphatic rings. The molecular weight excluding hydrogens is 267 g/mol. The maximum absolute atomic E-state index is 13.1. The number of hydrogen-bond acceptors (Lipinski definition) is 1. The van der Waals surface area contributed by atoms with E-state index in [9.17, 15) is 9.18 Å².